The number of rotatable bonds is 1. The highest BCUT2D eigenvalue weighted by Gasteiger charge is 2.21. The van der Waals surface area contributed by atoms with Gasteiger partial charge in [0.1, 0.15) is 6.07 Å². The van der Waals surface area contributed by atoms with E-state index in [1.807, 2.05) is 12.1 Å². The molecule has 0 radical (unpaired) electrons. The Morgan fingerprint density at radius 1 is 1.53 bits per heavy atom. The van der Waals surface area contributed by atoms with Gasteiger partial charge in [-0.15, -0.1) is 0 Å². The molecule has 1 aliphatic heterocycles. The fraction of sp³-hybridized carbons (Fsp3) is 0.417. The largest absolute Gasteiger partial charge is 0.396 e. The topological polar surface area (TPSA) is 53.0 Å². The quantitative estimate of drug-likeness (QED) is 0.707. The molecule has 15 heavy (non-hydrogen) atoms. The van der Waals surface area contributed by atoms with Gasteiger partial charge in [0.2, 0.25) is 0 Å². The highest BCUT2D eigenvalue weighted by Crippen LogP contribution is 2.30. The van der Waals surface area contributed by atoms with E-state index in [0.29, 0.717) is 11.3 Å². The lowest BCUT2D eigenvalue weighted by Gasteiger charge is -2.20. The van der Waals surface area contributed by atoms with E-state index in [9.17, 15) is 0 Å². The Kier molecular flexibility index (Phi) is 2.51. The molecule has 1 aliphatic rings. The molecule has 1 fully saturated rings. The van der Waals surface area contributed by atoms with Crippen molar-refractivity contribution in [3.63, 3.8) is 0 Å². The standard InChI is InChI=1S/C12H15N3/c1-9-5-6-15(8-9)11-4-2-3-10(7-13)12(11)14/h2-4,9H,5-6,8,14H2,1H3. The zero-order valence-corrected chi connectivity index (χ0v) is 8.90. The van der Waals surface area contributed by atoms with Crippen LogP contribution < -0.4 is 10.6 Å². The van der Waals surface area contributed by atoms with Gasteiger partial charge in [-0.25, -0.2) is 0 Å². The number of nitrogens with zero attached hydrogens (tertiary/aromatic N) is 2. The van der Waals surface area contributed by atoms with Gasteiger partial charge in [0, 0.05) is 13.1 Å². The molecule has 1 heterocycles. The first-order chi connectivity index (χ1) is 7.22. The molecule has 1 aromatic rings. The maximum absolute atomic E-state index is 8.89. The van der Waals surface area contributed by atoms with E-state index >= 15 is 0 Å². The molecule has 0 amide bonds. The highest BCUT2D eigenvalue weighted by molar-refractivity contribution is 5.74. The van der Waals surface area contributed by atoms with Gasteiger partial charge in [-0.2, -0.15) is 5.26 Å². The third kappa shape index (κ3) is 1.75. The van der Waals surface area contributed by atoms with Crippen LogP contribution in [0.1, 0.15) is 18.9 Å². The number of nitriles is 1. The third-order valence-corrected chi connectivity index (χ3v) is 2.97. The summed E-state index contributed by atoms with van der Waals surface area (Å²) in [6.07, 6.45) is 1.20. The molecule has 78 valence electrons. The van der Waals surface area contributed by atoms with Gasteiger partial charge in [0.15, 0.2) is 0 Å². The Morgan fingerprint density at radius 3 is 2.93 bits per heavy atom. The number of anilines is 2. The van der Waals surface area contributed by atoms with Gasteiger partial charge in [-0.3, -0.25) is 0 Å². The van der Waals surface area contributed by atoms with Crippen LogP contribution in [0.2, 0.25) is 0 Å². The van der Waals surface area contributed by atoms with Crippen LogP contribution >= 0.6 is 0 Å². The van der Waals surface area contributed by atoms with E-state index in [-0.39, 0.29) is 0 Å². The highest BCUT2D eigenvalue weighted by atomic mass is 15.2. The minimum Gasteiger partial charge on any atom is -0.396 e. The van der Waals surface area contributed by atoms with Crippen LogP contribution in [0, 0.1) is 17.2 Å². The van der Waals surface area contributed by atoms with E-state index in [2.05, 4.69) is 17.9 Å². The molecule has 1 saturated heterocycles. The zero-order valence-electron chi connectivity index (χ0n) is 8.90. The van der Waals surface area contributed by atoms with Crippen LogP contribution in [0.25, 0.3) is 0 Å². The molecular formula is C12H15N3. The second kappa shape index (κ2) is 3.82. The Morgan fingerprint density at radius 2 is 2.33 bits per heavy atom. The molecular weight excluding hydrogens is 186 g/mol. The molecule has 1 aromatic carbocycles. The Hall–Kier alpha value is -1.69. The molecule has 2 rings (SSSR count). The van der Waals surface area contributed by atoms with Crippen molar-refractivity contribution in [3.8, 4) is 6.07 Å². The summed E-state index contributed by atoms with van der Waals surface area (Å²) in [5.74, 6) is 0.718. The molecule has 0 aliphatic carbocycles. The smallest absolute Gasteiger partial charge is 0.101 e. The average molecular weight is 201 g/mol. The van der Waals surface area contributed by atoms with Gasteiger partial charge in [0.05, 0.1) is 16.9 Å². The maximum Gasteiger partial charge on any atom is 0.101 e. The number of nitrogens with two attached hydrogens (primary N) is 1. The number of nitrogen functional groups attached to an aromatic ring is 1. The number of hydrogen-bond acceptors (Lipinski definition) is 3. The van der Waals surface area contributed by atoms with Crippen molar-refractivity contribution in [2.45, 2.75) is 13.3 Å². The van der Waals surface area contributed by atoms with Crippen molar-refractivity contribution < 1.29 is 0 Å². The molecule has 1 unspecified atom stereocenters. The second-order valence-electron chi connectivity index (χ2n) is 4.19. The Bertz CT molecular complexity index is 406. The van der Waals surface area contributed by atoms with Crippen molar-refractivity contribution in [2.75, 3.05) is 23.7 Å². The summed E-state index contributed by atoms with van der Waals surface area (Å²) < 4.78 is 0. The van der Waals surface area contributed by atoms with Crippen molar-refractivity contribution >= 4 is 11.4 Å². The average Bonchev–Trinajstić information content (AvgIpc) is 2.65. The lowest BCUT2D eigenvalue weighted by atomic mass is 10.1. The van der Waals surface area contributed by atoms with Crippen LogP contribution in [0.4, 0.5) is 11.4 Å². The monoisotopic (exact) mass is 201 g/mol. The molecule has 1 atom stereocenters. The molecule has 0 aromatic heterocycles. The van der Waals surface area contributed by atoms with Crippen molar-refractivity contribution in [1.82, 2.24) is 0 Å². The fourth-order valence-electron chi connectivity index (χ4n) is 2.08. The van der Waals surface area contributed by atoms with Crippen LogP contribution in [-0.2, 0) is 0 Å². The van der Waals surface area contributed by atoms with Crippen molar-refractivity contribution in [2.24, 2.45) is 5.92 Å². The third-order valence-electron chi connectivity index (χ3n) is 2.97. The molecule has 2 N–H and O–H groups in total. The minimum atomic E-state index is 0.576. The van der Waals surface area contributed by atoms with Crippen molar-refractivity contribution in [3.05, 3.63) is 23.8 Å². The van der Waals surface area contributed by atoms with Crippen molar-refractivity contribution in [1.29, 1.82) is 5.26 Å². The maximum atomic E-state index is 8.89. The summed E-state index contributed by atoms with van der Waals surface area (Å²) in [5, 5.41) is 8.89. The van der Waals surface area contributed by atoms with E-state index in [4.69, 9.17) is 11.0 Å². The predicted octanol–water partition coefficient (Wildman–Crippen LogP) is 1.99. The first kappa shape index (κ1) is 9.85. The molecule has 0 saturated carbocycles. The van der Waals surface area contributed by atoms with Crippen LogP contribution in [-0.4, -0.2) is 13.1 Å². The number of hydrogen-bond donors (Lipinski definition) is 1. The summed E-state index contributed by atoms with van der Waals surface area (Å²) in [6.45, 7) is 4.32. The Labute approximate surface area is 90.1 Å². The number of para-hydroxylation sites is 1. The second-order valence-corrected chi connectivity index (χ2v) is 4.19. The van der Waals surface area contributed by atoms with E-state index in [1.54, 1.807) is 6.07 Å². The summed E-state index contributed by atoms with van der Waals surface area (Å²) in [6, 6.07) is 7.77. The van der Waals surface area contributed by atoms with Crippen LogP contribution in [0.3, 0.4) is 0 Å². The van der Waals surface area contributed by atoms with Gasteiger partial charge < -0.3 is 10.6 Å². The number of benzene rings is 1. The first-order valence-electron chi connectivity index (χ1n) is 5.26. The Balaban J connectivity index is 2.33. The molecule has 3 nitrogen and oxygen atoms in total. The lowest BCUT2D eigenvalue weighted by molar-refractivity contribution is 0.659. The fourth-order valence-corrected chi connectivity index (χ4v) is 2.08. The lowest BCUT2D eigenvalue weighted by Crippen LogP contribution is -2.20. The van der Waals surface area contributed by atoms with E-state index in [1.165, 1.54) is 6.42 Å². The molecule has 0 spiro atoms. The van der Waals surface area contributed by atoms with Crippen LogP contribution in [0.5, 0.6) is 0 Å². The summed E-state index contributed by atoms with van der Waals surface area (Å²) in [7, 11) is 0. The summed E-state index contributed by atoms with van der Waals surface area (Å²) in [4.78, 5) is 2.26. The van der Waals surface area contributed by atoms with E-state index < -0.39 is 0 Å². The van der Waals surface area contributed by atoms with Gasteiger partial charge in [0.25, 0.3) is 0 Å². The van der Waals surface area contributed by atoms with Crippen LogP contribution in [0.15, 0.2) is 18.2 Å². The van der Waals surface area contributed by atoms with Gasteiger partial charge in [-0.05, 0) is 24.5 Å². The van der Waals surface area contributed by atoms with E-state index in [0.717, 1.165) is 24.7 Å². The summed E-state index contributed by atoms with van der Waals surface area (Å²) >= 11 is 0. The SMILES string of the molecule is CC1CCN(c2cccc(C#N)c2N)C1. The zero-order chi connectivity index (χ0) is 10.8. The van der Waals surface area contributed by atoms with Gasteiger partial charge >= 0.3 is 0 Å². The molecule has 0 bridgehead atoms. The van der Waals surface area contributed by atoms with Gasteiger partial charge in [-0.1, -0.05) is 13.0 Å². The first-order valence-corrected chi connectivity index (χ1v) is 5.26. The summed E-state index contributed by atoms with van der Waals surface area (Å²) in [5.41, 5.74) is 8.16. The minimum absolute atomic E-state index is 0.576. The predicted molar refractivity (Wildman–Crippen MR) is 61.6 cm³/mol. The normalized spacial score (nSPS) is 20.3. The molecule has 3 heteroatoms.